The standard InChI is InChI=1S/C11H13ClFO/c1-3-11(14)7(2)9-6-8(13)4-5-10(9)12/h4-7,11,14H,2-3H2,1H3. The van der Waals surface area contributed by atoms with E-state index in [-0.39, 0.29) is 11.7 Å². The summed E-state index contributed by atoms with van der Waals surface area (Å²) in [5.41, 5.74) is 0.556. The highest BCUT2D eigenvalue weighted by atomic mass is 35.5. The Bertz CT molecular complexity index is 314. The number of aliphatic hydroxyl groups excluding tert-OH is 1. The molecular weight excluding hydrogens is 203 g/mol. The number of aliphatic hydroxyl groups is 1. The van der Waals surface area contributed by atoms with Crippen LogP contribution in [-0.4, -0.2) is 11.2 Å². The first-order chi connectivity index (χ1) is 6.56. The average Bonchev–Trinajstić information content (AvgIpc) is 2.19. The molecule has 0 fully saturated rings. The van der Waals surface area contributed by atoms with Crippen LogP contribution in [-0.2, 0) is 0 Å². The second-order valence-electron chi connectivity index (χ2n) is 3.25. The van der Waals surface area contributed by atoms with E-state index in [1.807, 2.05) is 6.92 Å². The summed E-state index contributed by atoms with van der Waals surface area (Å²) in [5.74, 6) is -0.746. The summed E-state index contributed by atoms with van der Waals surface area (Å²) in [5, 5.41) is 10.00. The van der Waals surface area contributed by atoms with Gasteiger partial charge in [0.2, 0.25) is 0 Å². The molecule has 1 rings (SSSR count). The molecule has 1 aromatic rings. The van der Waals surface area contributed by atoms with Crippen LogP contribution in [0, 0.1) is 12.7 Å². The van der Waals surface area contributed by atoms with Crippen molar-refractivity contribution in [1.82, 2.24) is 0 Å². The Kier molecular flexibility index (Phi) is 3.90. The van der Waals surface area contributed by atoms with E-state index in [1.54, 1.807) is 0 Å². The van der Waals surface area contributed by atoms with Crippen LogP contribution in [0.4, 0.5) is 4.39 Å². The Labute approximate surface area is 88.5 Å². The molecule has 0 aliphatic heterocycles. The normalized spacial score (nSPS) is 15.2. The molecule has 0 heterocycles. The molecule has 3 heteroatoms. The molecule has 0 bridgehead atoms. The van der Waals surface area contributed by atoms with Gasteiger partial charge in [0, 0.05) is 10.9 Å². The van der Waals surface area contributed by atoms with Crippen LogP contribution in [0.15, 0.2) is 18.2 Å². The molecule has 0 amide bonds. The number of benzene rings is 1. The van der Waals surface area contributed by atoms with Gasteiger partial charge in [0.05, 0.1) is 6.10 Å². The molecule has 2 unspecified atom stereocenters. The third-order valence-electron chi connectivity index (χ3n) is 2.24. The van der Waals surface area contributed by atoms with E-state index in [0.29, 0.717) is 17.0 Å². The number of halogens is 2. The van der Waals surface area contributed by atoms with E-state index in [1.165, 1.54) is 18.2 Å². The van der Waals surface area contributed by atoms with Crippen LogP contribution in [0.2, 0.25) is 5.02 Å². The molecule has 0 saturated heterocycles. The summed E-state index contributed by atoms with van der Waals surface area (Å²) in [6, 6.07) is 4.09. The van der Waals surface area contributed by atoms with Crippen LogP contribution < -0.4 is 0 Å². The zero-order valence-corrected chi connectivity index (χ0v) is 8.76. The molecule has 0 spiro atoms. The fraction of sp³-hybridized carbons (Fsp3) is 0.364. The van der Waals surface area contributed by atoms with Crippen LogP contribution in [0.25, 0.3) is 0 Å². The van der Waals surface area contributed by atoms with Gasteiger partial charge in [-0.15, -0.1) is 0 Å². The molecule has 1 radical (unpaired) electrons. The predicted molar refractivity (Wildman–Crippen MR) is 55.8 cm³/mol. The first-order valence-corrected chi connectivity index (χ1v) is 4.90. The Hall–Kier alpha value is -0.600. The molecule has 0 aromatic heterocycles. The van der Waals surface area contributed by atoms with Gasteiger partial charge in [-0.05, 0) is 37.1 Å². The highest BCUT2D eigenvalue weighted by molar-refractivity contribution is 6.31. The number of hydrogen-bond acceptors (Lipinski definition) is 1. The summed E-state index contributed by atoms with van der Waals surface area (Å²) < 4.78 is 12.9. The molecule has 1 aromatic carbocycles. The lowest BCUT2D eigenvalue weighted by Gasteiger charge is -2.18. The lowest BCUT2D eigenvalue weighted by atomic mass is 9.94. The molecule has 0 aliphatic rings. The van der Waals surface area contributed by atoms with Crippen molar-refractivity contribution in [2.75, 3.05) is 0 Å². The maximum atomic E-state index is 12.9. The van der Waals surface area contributed by atoms with Crippen molar-refractivity contribution in [3.05, 3.63) is 41.5 Å². The quantitative estimate of drug-likeness (QED) is 0.821. The SMILES string of the molecule is [CH2]C(c1cc(F)ccc1Cl)C(O)CC. The smallest absolute Gasteiger partial charge is 0.123 e. The Balaban J connectivity index is 2.99. The summed E-state index contributed by atoms with van der Waals surface area (Å²) in [7, 11) is 0. The van der Waals surface area contributed by atoms with Gasteiger partial charge in [-0.2, -0.15) is 0 Å². The van der Waals surface area contributed by atoms with Gasteiger partial charge < -0.3 is 5.11 Å². The van der Waals surface area contributed by atoms with Crippen LogP contribution in [0.1, 0.15) is 24.8 Å². The van der Waals surface area contributed by atoms with Crippen LogP contribution in [0.5, 0.6) is 0 Å². The first-order valence-electron chi connectivity index (χ1n) is 4.52. The van der Waals surface area contributed by atoms with Crippen molar-refractivity contribution >= 4 is 11.6 Å². The minimum atomic E-state index is -0.589. The second-order valence-corrected chi connectivity index (χ2v) is 3.66. The van der Waals surface area contributed by atoms with Gasteiger partial charge in [-0.3, -0.25) is 0 Å². The number of rotatable bonds is 3. The van der Waals surface area contributed by atoms with Crippen LogP contribution in [0.3, 0.4) is 0 Å². The second kappa shape index (κ2) is 4.76. The maximum Gasteiger partial charge on any atom is 0.123 e. The minimum absolute atomic E-state index is 0.360. The lowest BCUT2D eigenvalue weighted by molar-refractivity contribution is 0.154. The summed E-state index contributed by atoms with van der Waals surface area (Å²) >= 11 is 5.87. The minimum Gasteiger partial charge on any atom is -0.393 e. The van der Waals surface area contributed by atoms with E-state index in [0.717, 1.165) is 0 Å². The molecule has 1 nitrogen and oxygen atoms in total. The van der Waals surface area contributed by atoms with Gasteiger partial charge >= 0.3 is 0 Å². The van der Waals surface area contributed by atoms with Crippen molar-refractivity contribution in [3.8, 4) is 0 Å². The zero-order valence-electron chi connectivity index (χ0n) is 8.00. The fourth-order valence-electron chi connectivity index (χ4n) is 1.29. The van der Waals surface area contributed by atoms with Gasteiger partial charge in [-0.1, -0.05) is 18.5 Å². The van der Waals surface area contributed by atoms with E-state index >= 15 is 0 Å². The Morgan fingerprint density at radius 3 is 2.79 bits per heavy atom. The highest BCUT2D eigenvalue weighted by Crippen LogP contribution is 2.28. The topological polar surface area (TPSA) is 20.2 Å². The van der Waals surface area contributed by atoms with E-state index in [2.05, 4.69) is 6.92 Å². The number of hydrogen-bond donors (Lipinski definition) is 1. The van der Waals surface area contributed by atoms with Gasteiger partial charge in [0.15, 0.2) is 0 Å². The highest BCUT2D eigenvalue weighted by Gasteiger charge is 2.17. The summed E-state index contributed by atoms with van der Waals surface area (Å²) in [4.78, 5) is 0. The van der Waals surface area contributed by atoms with Crippen molar-refractivity contribution in [2.24, 2.45) is 0 Å². The van der Waals surface area contributed by atoms with E-state index < -0.39 is 6.10 Å². The molecular formula is C11H13ClFO. The Morgan fingerprint density at radius 2 is 2.21 bits per heavy atom. The lowest BCUT2D eigenvalue weighted by Crippen LogP contribution is -2.15. The van der Waals surface area contributed by atoms with Crippen molar-refractivity contribution in [1.29, 1.82) is 0 Å². The van der Waals surface area contributed by atoms with Gasteiger partial charge in [0.1, 0.15) is 5.82 Å². The maximum absolute atomic E-state index is 12.9. The van der Waals surface area contributed by atoms with Crippen LogP contribution >= 0.6 is 11.6 Å². The molecule has 0 saturated carbocycles. The zero-order chi connectivity index (χ0) is 10.7. The van der Waals surface area contributed by atoms with E-state index in [4.69, 9.17) is 11.6 Å². The largest absolute Gasteiger partial charge is 0.393 e. The summed E-state index contributed by atoms with van der Waals surface area (Å²) in [6.45, 7) is 5.62. The molecule has 2 atom stereocenters. The van der Waals surface area contributed by atoms with Crippen molar-refractivity contribution < 1.29 is 9.50 Å². The fourth-order valence-corrected chi connectivity index (χ4v) is 1.55. The predicted octanol–water partition coefficient (Wildman–Crippen LogP) is 3.17. The molecule has 77 valence electrons. The Morgan fingerprint density at radius 1 is 1.57 bits per heavy atom. The third-order valence-corrected chi connectivity index (χ3v) is 2.58. The first kappa shape index (κ1) is 11.5. The molecule has 1 N–H and O–H groups in total. The average molecular weight is 216 g/mol. The summed E-state index contributed by atoms with van der Waals surface area (Å²) in [6.07, 6.45) is -0.0182. The van der Waals surface area contributed by atoms with E-state index in [9.17, 15) is 9.50 Å². The van der Waals surface area contributed by atoms with Crippen molar-refractivity contribution in [2.45, 2.75) is 25.4 Å². The van der Waals surface area contributed by atoms with Gasteiger partial charge in [0.25, 0.3) is 0 Å². The van der Waals surface area contributed by atoms with Crippen molar-refractivity contribution in [3.63, 3.8) is 0 Å². The van der Waals surface area contributed by atoms with Gasteiger partial charge in [-0.25, -0.2) is 4.39 Å². The monoisotopic (exact) mass is 215 g/mol. The molecule has 0 aliphatic carbocycles. The molecule has 14 heavy (non-hydrogen) atoms. The third kappa shape index (κ3) is 2.46.